The third kappa shape index (κ3) is 49.4. The molecule has 378 valence electrons. The van der Waals surface area contributed by atoms with E-state index in [4.69, 9.17) is 29.4 Å². The summed E-state index contributed by atoms with van der Waals surface area (Å²) in [5, 5.41) is 8.94. The zero-order valence-corrected chi connectivity index (χ0v) is 42.5. The number of allylic oxidation sites excluding steroid dienone is 10. The van der Waals surface area contributed by atoms with Crippen molar-refractivity contribution in [3.63, 3.8) is 0 Å². The summed E-state index contributed by atoms with van der Waals surface area (Å²) in [6.07, 6.45) is 61.4. The summed E-state index contributed by atoms with van der Waals surface area (Å²) in [7, 11) is -4.63. The molecule has 0 aliphatic carbocycles. The molecule has 0 fully saturated rings. The molecule has 3 unspecified atom stereocenters. The summed E-state index contributed by atoms with van der Waals surface area (Å²) in [6.45, 7) is 3.77. The van der Waals surface area contributed by atoms with Crippen LogP contribution in [0.15, 0.2) is 60.8 Å². The lowest BCUT2D eigenvalue weighted by molar-refractivity contribution is -0.154. The van der Waals surface area contributed by atoms with E-state index in [-0.39, 0.29) is 13.0 Å². The predicted molar refractivity (Wildman–Crippen MR) is 272 cm³/mol. The van der Waals surface area contributed by atoms with Gasteiger partial charge in [-0.25, -0.2) is 4.57 Å². The maximum absolute atomic E-state index is 12.7. The van der Waals surface area contributed by atoms with Gasteiger partial charge in [-0.05, 0) is 77.0 Å². The number of hydrogen-bond acceptors (Lipinski definition) is 8. The molecule has 4 N–H and O–H groups in total. The fraction of sp³-hybridized carbons (Fsp3) is 0.778. The number of esters is 1. The van der Waals surface area contributed by atoms with Crippen LogP contribution in [-0.2, 0) is 32.7 Å². The molecule has 0 aromatic heterocycles. The molecule has 0 heterocycles. The van der Waals surface area contributed by atoms with E-state index in [0.29, 0.717) is 13.0 Å². The number of carbonyl (C=O) groups is 2. The van der Waals surface area contributed by atoms with Gasteiger partial charge in [0.05, 0.1) is 19.8 Å². The van der Waals surface area contributed by atoms with Gasteiger partial charge < -0.3 is 25.2 Å². The van der Waals surface area contributed by atoms with Crippen molar-refractivity contribution in [2.75, 3.05) is 26.4 Å². The standard InChI is InChI=1S/C54H98NO9P/c1-3-5-7-9-11-13-15-17-19-21-23-25-26-27-28-30-32-34-36-38-40-42-44-46-53(56)64-51(49-62-65(59,60)63-50-52(55)54(57)58)48-61-47-45-43-41-39-37-35-33-31-29-24-22-20-18-16-14-12-10-8-6-4-2/h6,8,12,14,18,20-21,23-24,29,51-52H,3-5,7,9-11,13,15-17,19,22,25-28,30-50,55H2,1-2H3,(H,57,58)(H,59,60)/b8-6-,14-12-,20-18-,23-21-,29-24-. The number of carboxylic acid groups (broad SMARTS) is 1. The van der Waals surface area contributed by atoms with Crippen molar-refractivity contribution in [3.8, 4) is 0 Å². The van der Waals surface area contributed by atoms with Crippen LogP contribution in [-0.4, -0.2) is 60.5 Å². The van der Waals surface area contributed by atoms with Crippen LogP contribution in [0.1, 0.15) is 232 Å². The van der Waals surface area contributed by atoms with Crippen molar-refractivity contribution < 1.29 is 42.7 Å². The van der Waals surface area contributed by atoms with E-state index in [1.54, 1.807) is 0 Å². The summed E-state index contributed by atoms with van der Waals surface area (Å²) in [4.78, 5) is 33.7. The Bertz CT molecular complexity index is 1270. The highest BCUT2D eigenvalue weighted by Gasteiger charge is 2.27. The Morgan fingerprint density at radius 1 is 0.508 bits per heavy atom. The SMILES string of the molecule is CC/C=C\C/C=C\C/C=C\C/C=C\CCCCCCCCCOCC(COP(=O)(O)OCC(N)C(=O)O)OC(=O)CCCCCCCCCCCCC/C=C\CCCCCCCCCC. The number of unbranched alkanes of at least 4 members (excludes halogenated alkanes) is 26. The number of hydrogen-bond donors (Lipinski definition) is 3. The van der Waals surface area contributed by atoms with Crippen LogP contribution < -0.4 is 5.73 Å². The van der Waals surface area contributed by atoms with Crippen LogP contribution >= 0.6 is 7.82 Å². The minimum Gasteiger partial charge on any atom is -0.480 e. The van der Waals surface area contributed by atoms with E-state index in [1.165, 1.54) is 135 Å². The molecule has 11 heteroatoms. The normalized spacial score (nSPS) is 14.2. The second-order valence-electron chi connectivity index (χ2n) is 17.6. The minimum absolute atomic E-state index is 0.00806. The molecular weight excluding hydrogens is 838 g/mol. The molecule has 0 bridgehead atoms. The molecule has 0 saturated carbocycles. The number of nitrogens with two attached hydrogens (primary N) is 1. The first kappa shape index (κ1) is 62.7. The second-order valence-corrected chi connectivity index (χ2v) is 19.1. The number of phosphoric ester groups is 1. The molecule has 0 aliphatic rings. The quantitative estimate of drug-likeness (QED) is 0.0232. The van der Waals surface area contributed by atoms with E-state index in [9.17, 15) is 19.0 Å². The van der Waals surface area contributed by atoms with Gasteiger partial charge in [-0.2, -0.15) is 0 Å². The number of phosphoric acid groups is 1. The average Bonchev–Trinajstić information content (AvgIpc) is 3.29. The monoisotopic (exact) mass is 936 g/mol. The van der Waals surface area contributed by atoms with E-state index in [0.717, 1.165) is 70.6 Å². The van der Waals surface area contributed by atoms with Gasteiger partial charge in [0, 0.05) is 13.0 Å². The lowest BCUT2D eigenvalue weighted by Gasteiger charge is -2.20. The zero-order chi connectivity index (χ0) is 47.6. The van der Waals surface area contributed by atoms with Gasteiger partial charge in [-0.1, -0.05) is 209 Å². The third-order valence-corrected chi connectivity index (χ3v) is 12.2. The van der Waals surface area contributed by atoms with Crippen molar-refractivity contribution in [2.24, 2.45) is 5.73 Å². The number of carbonyl (C=O) groups excluding carboxylic acids is 1. The predicted octanol–water partition coefficient (Wildman–Crippen LogP) is 15.5. The van der Waals surface area contributed by atoms with Crippen LogP contribution in [0.2, 0.25) is 0 Å². The summed E-state index contributed by atoms with van der Waals surface area (Å²) in [5.41, 5.74) is 5.38. The third-order valence-electron chi connectivity index (χ3n) is 11.3. The highest BCUT2D eigenvalue weighted by Crippen LogP contribution is 2.43. The molecule has 0 spiro atoms. The molecular formula is C54H98NO9P. The first-order chi connectivity index (χ1) is 31.7. The molecule has 0 aromatic carbocycles. The Balaban J connectivity index is 4.14. The van der Waals surface area contributed by atoms with Crippen LogP contribution in [0.5, 0.6) is 0 Å². The largest absolute Gasteiger partial charge is 0.480 e. The zero-order valence-electron chi connectivity index (χ0n) is 41.6. The number of rotatable bonds is 50. The van der Waals surface area contributed by atoms with Gasteiger partial charge in [0.1, 0.15) is 12.1 Å². The Kier molecular flexibility index (Phi) is 47.8. The summed E-state index contributed by atoms with van der Waals surface area (Å²) in [5.74, 6) is -1.78. The van der Waals surface area contributed by atoms with Crippen LogP contribution in [0.25, 0.3) is 0 Å². The molecule has 10 nitrogen and oxygen atoms in total. The topological polar surface area (TPSA) is 155 Å². The first-order valence-corrected chi connectivity index (χ1v) is 27.8. The van der Waals surface area contributed by atoms with Gasteiger partial charge in [0.2, 0.25) is 0 Å². The van der Waals surface area contributed by atoms with Crippen LogP contribution in [0.3, 0.4) is 0 Å². The van der Waals surface area contributed by atoms with Crippen molar-refractivity contribution in [3.05, 3.63) is 60.8 Å². The van der Waals surface area contributed by atoms with E-state index in [1.807, 2.05) is 0 Å². The Morgan fingerprint density at radius 3 is 1.35 bits per heavy atom. The van der Waals surface area contributed by atoms with Gasteiger partial charge in [-0.15, -0.1) is 0 Å². The Morgan fingerprint density at radius 2 is 0.892 bits per heavy atom. The fourth-order valence-electron chi connectivity index (χ4n) is 7.24. The van der Waals surface area contributed by atoms with Crippen molar-refractivity contribution in [2.45, 2.75) is 244 Å². The molecule has 3 atom stereocenters. The fourth-order valence-corrected chi connectivity index (χ4v) is 8.02. The highest BCUT2D eigenvalue weighted by molar-refractivity contribution is 7.47. The highest BCUT2D eigenvalue weighted by atomic mass is 31.2. The maximum Gasteiger partial charge on any atom is 0.472 e. The van der Waals surface area contributed by atoms with Gasteiger partial charge in [-0.3, -0.25) is 18.6 Å². The molecule has 0 radical (unpaired) electrons. The van der Waals surface area contributed by atoms with E-state index in [2.05, 4.69) is 74.6 Å². The molecule has 0 rings (SSSR count). The van der Waals surface area contributed by atoms with Crippen molar-refractivity contribution in [1.29, 1.82) is 0 Å². The molecule has 0 aromatic rings. The van der Waals surface area contributed by atoms with E-state index < -0.39 is 45.1 Å². The Labute approximate surface area is 398 Å². The number of ether oxygens (including phenoxy) is 2. The van der Waals surface area contributed by atoms with E-state index >= 15 is 0 Å². The first-order valence-electron chi connectivity index (χ1n) is 26.3. The minimum atomic E-state index is -4.63. The number of aliphatic carboxylic acids is 1. The van der Waals surface area contributed by atoms with Crippen LogP contribution in [0.4, 0.5) is 0 Å². The number of carboxylic acids is 1. The Hall–Kier alpha value is -2.33. The molecule has 65 heavy (non-hydrogen) atoms. The molecule has 0 saturated heterocycles. The van der Waals surface area contributed by atoms with Gasteiger partial charge in [0.15, 0.2) is 0 Å². The average molecular weight is 936 g/mol. The van der Waals surface area contributed by atoms with Crippen LogP contribution in [0, 0.1) is 0 Å². The summed E-state index contributed by atoms with van der Waals surface area (Å²) in [6, 6.07) is -1.48. The van der Waals surface area contributed by atoms with Crippen molar-refractivity contribution >= 4 is 19.8 Å². The lowest BCUT2D eigenvalue weighted by Crippen LogP contribution is -2.34. The second kappa shape index (κ2) is 49.6. The molecule has 0 aliphatic heterocycles. The molecule has 0 amide bonds. The van der Waals surface area contributed by atoms with Crippen molar-refractivity contribution in [1.82, 2.24) is 0 Å². The smallest absolute Gasteiger partial charge is 0.472 e. The lowest BCUT2D eigenvalue weighted by atomic mass is 10.0. The van der Waals surface area contributed by atoms with Gasteiger partial charge in [0.25, 0.3) is 0 Å². The van der Waals surface area contributed by atoms with Gasteiger partial charge >= 0.3 is 19.8 Å². The summed E-state index contributed by atoms with van der Waals surface area (Å²) < 4.78 is 33.5. The summed E-state index contributed by atoms with van der Waals surface area (Å²) >= 11 is 0. The maximum atomic E-state index is 12.7.